The van der Waals surface area contributed by atoms with Crippen LogP contribution in [-0.2, 0) is 4.79 Å². The minimum atomic E-state index is -0.873. The van der Waals surface area contributed by atoms with E-state index in [4.69, 9.17) is 18.0 Å². The number of nitrogens with zero attached hydrogens (tertiary/aromatic N) is 1. The second-order valence-corrected chi connectivity index (χ2v) is 4.60. The number of rotatable bonds is 3. The molecule has 0 saturated carbocycles. The fraction of sp³-hybridized carbons (Fsp3) is 0.364. The average Bonchev–Trinajstić information content (AvgIpc) is 2.21. The summed E-state index contributed by atoms with van der Waals surface area (Å²) in [5.74, 6) is 0.247. The number of carbonyl (C=O) groups excluding carboxylic acids is 1. The number of carbonyl (C=O) groups is 1. The van der Waals surface area contributed by atoms with Crippen LogP contribution < -0.4 is 11.1 Å². The maximum Gasteiger partial charge on any atom is 0.238 e. The highest BCUT2D eigenvalue weighted by Gasteiger charge is 2.31. The molecule has 0 aromatic carbocycles. The number of nitrogens with two attached hydrogens (primary N) is 1. The molecule has 86 valence electrons. The van der Waals surface area contributed by atoms with E-state index in [1.165, 1.54) is 0 Å². The molecule has 1 heterocycles. The summed E-state index contributed by atoms with van der Waals surface area (Å²) in [5, 5.41) is 2.67. The second-order valence-electron chi connectivity index (χ2n) is 4.16. The van der Waals surface area contributed by atoms with Crippen molar-refractivity contribution >= 4 is 28.9 Å². The van der Waals surface area contributed by atoms with Crippen molar-refractivity contribution in [3.05, 3.63) is 23.9 Å². The highest BCUT2D eigenvalue weighted by molar-refractivity contribution is 7.80. The molecule has 16 heavy (non-hydrogen) atoms. The predicted octanol–water partition coefficient (Wildman–Crippen LogP) is 1.64. The van der Waals surface area contributed by atoms with Crippen LogP contribution in [0, 0.1) is 12.3 Å². The van der Waals surface area contributed by atoms with Crippen molar-refractivity contribution in [3.63, 3.8) is 0 Å². The molecule has 0 radical (unpaired) electrons. The van der Waals surface area contributed by atoms with Gasteiger partial charge in [-0.1, -0.05) is 18.3 Å². The van der Waals surface area contributed by atoms with Crippen molar-refractivity contribution in [1.29, 1.82) is 0 Å². The molecule has 0 atom stereocenters. The van der Waals surface area contributed by atoms with E-state index < -0.39 is 5.41 Å². The van der Waals surface area contributed by atoms with Gasteiger partial charge in [0.05, 0.1) is 10.4 Å². The number of pyridine rings is 1. The fourth-order valence-electron chi connectivity index (χ4n) is 0.926. The minimum absolute atomic E-state index is 0.164. The van der Waals surface area contributed by atoms with E-state index in [1.54, 1.807) is 26.1 Å². The number of aromatic nitrogens is 1. The van der Waals surface area contributed by atoms with Crippen LogP contribution in [0.25, 0.3) is 0 Å². The molecule has 0 aliphatic rings. The van der Waals surface area contributed by atoms with Crippen LogP contribution in [-0.4, -0.2) is 15.9 Å². The molecular weight excluding hydrogens is 222 g/mol. The lowest BCUT2D eigenvalue weighted by molar-refractivity contribution is -0.121. The minimum Gasteiger partial charge on any atom is -0.392 e. The molecule has 0 aliphatic carbocycles. The first kappa shape index (κ1) is 12.6. The number of thiocarbonyl (C=S) groups is 1. The first-order chi connectivity index (χ1) is 7.34. The van der Waals surface area contributed by atoms with E-state index >= 15 is 0 Å². The Hall–Kier alpha value is -1.49. The monoisotopic (exact) mass is 237 g/mol. The Kier molecular flexibility index (Phi) is 3.59. The van der Waals surface area contributed by atoms with Gasteiger partial charge in [-0.05, 0) is 32.4 Å². The zero-order valence-corrected chi connectivity index (χ0v) is 10.4. The number of anilines is 1. The lowest BCUT2D eigenvalue weighted by Gasteiger charge is -2.21. The van der Waals surface area contributed by atoms with Crippen molar-refractivity contribution in [2.45, 2.75) is 20.8 Å². The predicted molar refractivity (Wildman–Crippen MR) is 68.2 cm³/mol. The molecule has 0 saturated heterocycles. The zero-order valence-electron chi connectivity index (χ0n) is 9.57. The molecule has 1 aromatic heterocycles. The van der Waals surface area contributed by atoms with Gasteiger partial charge in [0, 0.05) is 6.20 Å². The molecular formula is C11H15N3OS. The molecule has 0 spiro atoms. The Morgan fingerprint density at radius 2 is 2.12 bits per heavy atom. The van der Waals surface area contributed by atoms with Crippen molar-refractivity contribution in [2.75, 3.05) is 5.32 Å². The molecule has 5 heteroatoms. The lowest BCUT2D eigenvalue weighted by atomic mass is 9.92. The molecule has 0 unspecified atom stereocenters. The van der Waals surface area contributed by atoms with Gasteiger partial charge in [-0.25, -0.2) is 4.98 Å². The van der Waals surface area contributed by atoms with Gasteiger partial charge >= 0.3 is 0 Å². The molecule has 3 N–H and O–H groups in total. The van der Waals surface area contributed by atoms with Crippen molar-refractivity contribution in [2.24, 2.45) is 11.1 Å². The average molecular weight is 237 g/mol. The summed E-state index contributed by atoms with van der Waals surface area (Å²) >= 11 is 4.84. The van der Waals surface area contributed by atoms with Crippen LogP contribution in [0.15, 0.2) is 18.3 Å². The molecule has 0 aliphatic heterocycles. The standard InChI is InChI=1S/C11H15N3OS/c1-7-4-5-8(13-6-7)14-10(15)11(2,3)9(12)16/h4-6H,1-3H3,(H2,12,16)(H,13,14,15). The fourth-order valence-corrected chi connectivity index (χ4v) is 1.02. The highest BCUT2D eigenvalue weighted by atomic mass is 32.1. The summed E-state index contributed by atoms with van der Waals surface area (Å²) in [6.45, 7) is 5.29. The third-order valence-corrected chi connectivity index (χ3v) is 2.85. The van der Waals surface area contributed by atoms with Gasteiger partial charge in [0.1, 0.15) is 5.82 Å². The summed E-state index contributed by atoms with van der Waals surface area (Å²) in [5.41, 5.74) is 5.66. The quantitative estimate of drug-likeness (QED) is 0.784. The summed E-state index contributed by atoms with van der Waals surface area (Å²) in [4.78, 5) is 16.1. The van der Waals surface area contributed by atoms with Crippen LogP contribution in [0.2, 0.25) is 0 Å². The van der Waals surface area contributed by atoms with Crippen LogP contribution in [0.4, 0.5) is 5.82 Å². The van der Waals surface area contributed by atoms with E-state index in [2.05, 4.69) is 10.3 Å². The third kappa shape index (κ3) is 2.76. The Bertz CT molecular complexity index is 412. The van der Waals surface area contributed by atoms with Crippen LogP contribution in [0.3, 0.4) is 0 Å². The summed E-state index contributed by atoms with van der Waals surface area (Å²) in [7, 11) is 0. The van der Waals surface area contributed by atoms with Crippen LogP contribution in [0.1, 0.15) is 19.4 Å². The first-order valence-corrected chi connectivity index (χ1v) is 5.29. The Balaban J connectivity index is 2.79. The van der Waals surface area contributed by atoms with E-state index in [-0.39, 0.29) is 10.9 Å². The van der Waals surface area contributed by atoms with Gasteiger partial charge in [-0.2, -0.15) is 0 Å². The Morgan fingerprint density at radius 1 is 1.50 bits per heavy atom. The number of amides is 1. The first-order valence-electron chi connectivity index (χ1n) is 4.88. The van der Waals surface area contributed by atoms with Gasteiger partial charge in [-0.3, -0.25) is 4.79 Å². The highest BCUT2D eigenvalue weighted by Crippen LogP contribution is 2.18. The van der Waals surface area contributed by atoms with Crippen molar-refractivity contribution in [3.8, 4) is 0 Å². The molecule has 1 rings (SSSR count). The Labute approximate surface area is 100 Å². The van der Waals surface area contributed by atoms with Crippen LogP contribution in [0.5, 0.6) is 0 Å². The molecule has 0 bridgehead atoms. The van der Waals surface area contributed by atoms with Gasteiger partial charge < -0.3 is 11.1 Å². The summed E-state index contributed by atoms with van der Waals surface area (Å²) in [6.07, 6.45) is 1.68. The molecule has 4 nitrogen and oxygen atoms in total. The second kappa shape index (κ2) is 4.57. The van der Waals surface area contributed by atoms with E-state index in [9.17, 15) is 4.79 Å². The topological polar surface area (TPSA) is 68.0 Å². The number of hydrogen-bond acceptors (Lipinski definition) is 3. The van der Waals surface area contributed by atoms with Gasteiger partial charge in [0.2, 0.25) is 5.91 Å². The summed E-state index contributed by atoms with van der Waals surface area (Å²) in [6, 6.07) is 3.61. The number of aryl methyl sites for hydroxylation is 1. The third-order valence-electron chi connectivity index (χ3n) is 2.34. The summed E-state index contributed by atoms with van der Waals surface area (Å²) < 4.78 is 0. The van der Waals surface area contributed by atoms with Crippen molar-refractivity contribution < 1.29 is 4.79 Å². The molecule has 1 amide bonds. The maximum absolute atomic E-state index is 11.8. The lowest BCUT2D eigenvalue weighted by Crippen LogP contribution is -2.41. The van der Waals surface area contributed by atoms with E-state index in [0.29, 0.717) is 5.82 Å². The maximum atomic E-state index is 11.8. The Morgan fingerprint density at radius 3 is 2.56 bits per heavy atom. The normalized spacial score (nSPS) is 10.9. The van der Waals surface area contributed by atoms with Gasteiger partial charge in [-0.15, -0.1) is 0 Å². The SMILES string of the molecule is Cc1ccc(NC(=O)C(C)(C)C(N)=S)nc1. The zero-order chi connectivity index (χ0) is 12.3. The van der Waals surface area contributed by atoms with Gasteiger partial charge in [0.25, 0.3) is 0 Å². The smallest absolute Gasteiger partial charge is 0.238 e. The molecule has 1 aromatic rings. The molecule has 0 fully saturated rings. The van der Waals surface area contributed by atoms with E-state index in [1.807, 2.05) is 13.0 Å². The number of hydrogen-bond donors (Lipinski definition) is 2. The van der Waals surface area contributed by atoms with Crippen molar-refractivity contribution in [1.82, 2.24) is 4.98 Å². The number of nitrogens with one attached hydrogen (secondary N) is 1. The van der Waals surface area contributed by atoms with E-state index in [0.717, 1.165) is 5.56 Å². The largest absolute Gasteiger partial charge is 0.392 e. The van der Waals surface area contributed by atoms with Gasteiger partial charge in [0.15, 0.2) is 0 Å². The van der Waals surface area contributed by atoms with Crippen LogP contribution >= 0.6 is 12.2 Å².